The van der Waals surface area contributed by atoms with Crippen LogP contribution in [0.4, 0.5) is 9.18 Å². The first kappa shape index (κ1) is 14.0. The van der Waals surface area contributed by atoms with Crippen LogP contribution in [0.15, 0.2) is 24.3 Å². The summed E-state index contributed by atoms with van der Waals surface area (Å²) in [6, 6.07) is 5.79. The molecule has 3 N–H and O–H groups in total. The molecule has 5 nitrogen and oxygen atoms in total. The van der Waals surface area contributed by atoms with E-state index in [-0.39, 0.29) is 31.2 Å². The van der Waals surface area contributed by atoms with Crippen LogP contribution < -0.4 is 16.0 Å². The first-order valence-corrected chi connectivity index (χ1v) is 5.59. The van der Waals surface area contributed by atoms with Crippen molar-refractivity contribution in [2.75, 3.05) is 13.6 Å². The van der Waals surface area contributed by atoms with Crippen molar-refractivity contribution in [3.8, 4) is 0 Å². The number of benzene rings is 1. The Labute approximate surface area is 105 Å². The van der Waals surface area contributed by atoms with Gasteiger partial charge in [-0.1, -0.05) is 18.2 Å². The molecule has 0 fully saturated rings. The summed E-state index contributed by atoms with van der Waals surface area (Å²) >= 11 is 0. The Hall–Kier alpha value is -2.11. The standard InChI is InChI=1S/C12H16FN3O2/c1-14-11(17)6-7-15-12(18)16-8-9-4-2-3-5-10(9)13/h2-5H,6-8H2,1H3,(H,14,17)(H2,15,16,18). The SMILES string of the molecule is CNC(=O)CCNC(=O)NCc1ccccc1F. The summed E-state index contributed by atoms with van der Waals surface area (Å²) < 4.78 is 13.2. The second kappa shape index (κ2) is 7.26. The number of hydrogen-bond donors (Lipinski definition) is 3. The van der Waals surface area contributed by atoms with Gasteiger partial charge in [0.05, 0.1) is 0 Å². The maximum absolute atomic E-state index is 13.2. The zero-order valence-corrected chi connectivity index (χ0v) is 10.1. The summed E-state index contributed by atoms with van der Waals surface area (Å²) in [6.45, 7) is 0.348. The summed E-state index contributed by atoms with van der Waals surface area (Å²) in [5.74, 6) is -0.507. The number of rotatable bonds is 5. The first-order chi connectivity index (χ1) is 8.63. The number of halogens is 1. The lowest BCUT2D eigenvalue weighted by atomic mass is 10.2. The fourth-order valence-corrected chi connectivity index (χ4v) is 1.29. The topological polar surface area (TPSA) is 70.2 Å². The minimum Gasteiger partial charge on any atom is -0.359 e. The Morgan fingerprint density at radius 2 is 1.94 bits per heavy atom. The average molecular weight is 253 g/mol. The van der Waals surface area contributed by atoms with E-state index in [1.807, 2.05) is 0 Å². The van der Waals surface area contributed by atoms with E-state index < -0.39 is 6.03 Å². The molecule has 1 aromatic rings. The smallest absolute Gasteiger partial charge is 0.315 e. The number of urea groups is 1. The maximum Gasteiger partial charge on any atom is 0.315 e. The first-order valence-electron chi connectivity index (χ1n) is 5.59. The molecule has 0 aromatic heterocycles. The average Bonchev–Trinajstić information content (AvgIpc) is 2.37. The molecule has 6 heteroatoms. The summed E-state index contributed by atoms with van der Waals surface area (Å²) in [5.41, 5.74) is 0.416. The van der Waals surface area contributed by atoms with Gasteiger partial charge in [-0.15, -0.1) is 0 Å². The van der Waals surface area contributed by atoms with Crippen LogP contribution in [0.1, 0.15) is 12.0 Å². The molecule has 3 amide bonds. The van der Waals surface area contributed by atoms with E-state index >= 15 is 0 Å². The molecule has 0 aliphatic rings. The fourth-order valence-electron chi connectivity index (χ4n) is 1.29. The highest BCUT2D eigenvalue weighted by atomic mass is 19.1. The summed E-state index contributed by atoms with van der Waals surface area (Å²) in [7, 11) is 1.53. The minimum absolute atomic E-state index is 0.110. The largest absolute Gasteiger partial charge is 0.359 e. The van der Waals surface area contributed by atoms with Gasteiger partial charge in [-0.05, 0) is 6.07 Å². The predicted molar refractivity (Wildman–Crippen MR) is 65.3 cm³/mol. The molecule has 0 heterocycles. The van der Waals surface area contributed by atoms with E-state index in [4.69, 9.17) is 0 Å². The second-order valence-electron chi connectivity index (χ2n) is 3.62. The molecule has 0 spiro atoms. The van der Waals surface area contributed by atoms with E-state index in [2.05, 4.69) is 16.0 Å². The number of nitrogens with one attached hydrogen (secondary N) is 3. The lowest BCUT2D eigenvalue weighted by molar-refractivity contribution is -0.120. The van der Waals surface area contributed by atoms with Gasteiger partial charge in [0.2, 0.25) is 5.91 Å². The zero-order chi connectivity index (χ0) is 13.4. The van der Waals surface area contributed by atoms with Crippen LogP contribution in [0.5, 0.6) is 0 Å². The molecule has 1 rings (SSSR count). The van der Waals surface area contributed by atoms with E-state index in [1.165, 1.54) is 13.1 Å². The molecule has 18 heavy (non-hydrogen) atoms. The van der Waals surface area contributed by atoms with Gasteiger partial charge in [-0.3, -0.25) is 4.79 Å². The van der Waals surface area contributed by atoms with Crippen LogP contribution in [-0.4, -0.2) is 25.5 Å². The molecule has 0 saturated carbocycles. The number of hydrogen-bond acceptors (Lipinski definition) is 2. The molecule has 0 aliphatic heterocycles. The number of carbonyl (C=O) groups is 2. The molecule has 0 atom stereocenters. The number of amides is 3. The Kier molecular flexibility index (Phi) is 5.63. The van der Waals surface area contributed by atoms with Crippen LogP contribution in [0.3, 0.4) is 0 Å². The maximum atomic E-state index is 13.2. The molecule has 1 aromatic carbocycles. The molecule has 0 bridgehead atoms. The van der Waals surface area contributed by atoms with E-state index in [1.54, 1.807) is 18.2 Å². The Bertz CT molecular complexity index is 424. The highest BCUT2D eigenvalue weighted by Crippen LogP contribution is 2.05. The molecule has 0 aliphatic carbocycles. The Balaban J connectivity index is 2.25. The molecule has 0 radical (unpaired) electrons. The van der Waals surface area contributed by atoms with Crippen LogP contribution in [0.25, 0.3) is 0 Å². The van der Waals surface area contributed by atoms with Crippen molar-refractivity contribution in [1.82, 2.24) is 16.0 Å². The van der Waals surface area contributed by atoms with Crippen molar-refractivity contribution in [2.24, 2.45) is 0 Å². The molecular formula is C12H16FN3O2. The van der Waals surface area contributed by atoms with Gasteiger partial charge in [-0.2, -0.15) is 0 Å². The van der Waals surface area contributed by atoms with E-state index in [9.17, 15) is 14.0 Å². The monoisotopic (exact) mass is 253 g/mol. The van der Waals surface area contributed by atoms with Gasteiger partial charge in [0.15, 0.2) is 0 Å². The second-order valence-corrected chi connectivity index (χ2v) is 3.62. The summed E-state index contributed by atoms with van der Waals surface area (Å²) in [5, 5.41) is 7.46. The zero-order valence-electron chi connectivity index (χ0n) is 10.1. The van der Waals surface area contributed by atoms with E-state index in [0.29, 0.717) is 5.56 Å². The quantitative estimate of drug-likeness (QED) is 0.725. The third kappa shape index (κ3) is 4.82. The normalized spacial score (nSPS) is 9.67. The van der Waals surface area contributed by atoms with Crippen molar-refractivity contribution in [3.05, 3.63) is 35.6 Å². The van der Waals surface area contributed by atoms with Crippen molar-refractivity contribution in [1.29, 1.82) is 0 Å². The lowest BCUT2D eigenvalue weighted by Gasteiger charge is -2.07. The van der Waals surface area contributed by atoms with Gasteiger partial charge in [-0.25, -0.2) is 9.18 Å². The number of carbonyl (C=O) groups excluding carboxylic acids is 2. The van der Waals surface area contributed by atoms with Gasteiger partial charge < -0.3 is 16.0 Å². The third-order valence-corrected chi connectivity index (χ3v) is 2.31. The van der Waals surface area contributed by atoms with Crippen molar-refractivity contribution >= 4 is 11.9 Å². The van der Waals surface area contributed by atoms with Crippen molar-refractivity contribution in [3.63, 3.8) is 0 Å². The van der Waals surface area contributed by atoms with Gasteiger partial charge in [0.25, 0.3) is 0 Å². The molecular weight excluding hydrogens is 237 g/mol. The Morgan fingerprint density at radius 1 is 1.22 bits per heavy atom. The summed E-state index contributed by atoms with van der Waals surface area (Å²) in [4.78, 5) is 22.2. The minimum atomic E-state index is -0.429. The molecule has 0 unspecified atom stereocenters. The van der Waals surface area contributed by atoms with Gasteiger partial charge in [0.1, 0.15) is 5.82 Å². The van der Waals surface area contributed by atoms with Gasteiger partial charge >= 0.3 is 6.03 Å². The van der Waals surface area contributed by atoms with Crippen LogP contribution >= 0.6 is 0 Å². The van der Waals surface area contributed by atoms with Crippen molar-refractivity contribution < 1.29 is 14.0 Å². The van der Waals surface area contributed by atoms with Crippen LogP contribution in [-0.2, 0) is 11.3 Å². The fraction of sp³-hybridized carbons (Fsp3) is 0.333. The molecule has 98 valence electrons. The van der Waals surface area contributed by atoms with Crippen LogP contribution in [0.2, 0.25) is 0 Å². The van der Waals surface area contributed by atoms with Crippen LogP contribution in [0, 0.1) is 5.82 Å². The van der Waals surface area contributed by atoms with Crippen molar-refractivity contribution in [2.45, 2.75) is 13.0 Å². The molecule has 0 saturated heterocycles. The highest BCUT2D eigenvalue weighted by Gasteiger charge is 2.04. The lowest BCUT2D eigenvalue weighted by Crippen LogP contribution is -2.37. The van der Waals surface area contributed by atoms with E-state index in [0.717, 1.165) is 0 Å². The summed E-state index contributed by atoms with van der Waals surface area (Å²) in [6.07, 6.45) is 0.212. The highest BCUT2D eigenvalue weighted by molar-refractivity contribution is 5.77. The predicted octanol–water partition coefficient (Wildman–Crippen LogP) is 0.761. The third-order valence-electron chi connectivity index (χ3n) is 2.31. The Morgan fingerprint density at radius 3 is 2.61 bits per heavy atom. The van der Waals surface area contributed by atoms with Gasteiger partial charge in [0, 0.05) is 32.1 Å².